The van der Waals surface area contributed by atoms with E-state index in [1.54, 1.807) is 13.8 Å². The molecule has 0 atom stereocenters. The average Bonchev–Trinajstić information content (AvgIpc) is 2.56. The molecule has 1 aromatic rings. The molecular weight excluding hydrogens is 256 g/mol. The lowest BCUT2D eigenvalue weighted by Crippen LogP contribution is -2.19. The molecular formula is C13H17F2NO3. The van der Waals surface area contributed by atoms with Gasteiger partial charge in [-0.15, -0.1) is 0 Å². The third kappa shape index (κ3) is 5.65. The van der Waals surface area contributed by atoms with E-state index in [1.165, 1.54) is 12.1 Å². The summed E-state index contributed by atoms with van der Waals surface area (Å²) in [4.78, 5) is 10.3. The largest absolute Gasteiger partial charge is 0.432 e. The molecule has 1 aromatic carbocycles. The predicted molar refractivity (Wildman–Crippen MR) is 66.6 cm³/mol. The molecule has 0 amide bonds. The van der Waals surface area contributed by atoms with E-state index in [-0.39, 0.29) is 12.6 Å². The van der Waals surface area contributed by atoms with Crippen LogP contribution in [0.3, 0.4) is 0 Å². The van der Waals surface area contributed by atoms with Crippen LogP contribution in [-0.2, 0) is 14.3 Å². The zero-order chi connectivity index (χ0) is 14.5. The lowest BCUT2D eigenvalue weighted by molar-refractivity contribution is -0.159. The highest BCUT2D eigenvalue weighted by atomic mass is 19.1. The minimum absolute atomic E-state index is 0.0903. The fourth-order valence-corrected chi connectivity index (χ4v) is 1.43. The van der Waals surface area contributed by atoms with E-state index in [0.29, 0.717) is 12.2 Å². The number of nitrogens with one attached hydrogen (secondary N) is 1. The van der Waals surface area contributed by atoms with Crippen LogP contribution < -0.4 is 5.32 Å². The highest BCUT2D eigenvalue weighted by molar-refractivity contribution is 5.72. The number of benzene rings is 1. The lowest BCUT2D eigenvalue weighted by Gasteiger charge is -2.13. The molecule has 0 radical (unpaired) electrons. The van der Waals surface area contributed by atoms with Crippen molar-refractivity contribution in [3.8, 4) is 0 Å². The summed E-state index contributed by atoms with van der Waals surface area (Å²) >= 11 is 0. The van der Waals surface area contributed by atoms with Crippen LogP contribution in [0.5, 0.6) is 0 Å². The second-order valence-corrected chi connectivity index (χ2v) is 4.35. The van der Waals surface area contributed by atoms with Crippen LogP contribution in [0.4, 0.5) is 14.5 Å². The topological polar surface area (TPSA) is 47.6 Å². The van der Waals surface area contributed by atoms with E-state index in [9.17, 15) is 13.6 Å². The zero-order valence-corrected chi connectivity index (χ0v) is 11.1. The van der Waals surface area contributed by atoms with Gasteiger partial charge in [0.2, 0.25) is 5.79 Å². The molecule has 1 heterocycles. The fourth-order valence-electron chi connectivity index (χ4n) is 1.43. The highest BCUT2D eigenvalue weighted by Crippen LogP contribution is 2.17. The van der Waals surface area contributed by atoms with Gasteiger partial charge in [0.1, 0.15) is 18.2 Å². The summed E-state index contributed by atoms with van der Waals surface area (Å²) in [6.07, 6.45) is 0. The van der Waals surface area contributed by atoms with E-state index in [0.717, 1.165) is 6.07 Å². The first-order valence-electron chi connectivity index (χ1n) is 5.88. The molecule has 106 valence electrons. The van der Waals surface area contributed by atoms with Gasteiger partial charge in [-0.1, -0.05) is 0 Å². The Morgan fingerprint density at radius 2 is 1.84 bits per heavy atom. The summed E-state index contributed by atoms with van der Waals surface area (Å²) in [5, 5.41) is 2.81. The van der Waals surface area contributed by atoms with E-state index in [4.69, 9.17) is 4.74 Å². The molecule has 1 saturated heterocycles. The summed E-state index contributed by atoms with van der Waals surface area (Å²) in [6.45, 7) is 6.02. The maximum Gasteiger partial charge on any atom is 0.334 e. The van der Waals surface area contributed by atoms with E-state index >= 15 is 0 Å². The van der Waals surface area contributed by atoms with Crippen LogP contribution in [0, 0.1) is 11.6 Å². The third-order valence-corrected chi connectivity index (χ3v) is 2.14. The van der Waals surface area contributed by atoms with Crippen LogP contribution in [-0.4, -0.2) is 24.9 Å². The summed E-state index contributed by atoms with van der Waals surface area (Å²) in [6, 6.07) is 3.36. The second-order valence-electron chi connectivity index (χ2n) is 4.35. The van der Waals surface area contributed by atoms with Crippen molar-refractivity contribution in [1.29, 1.82) is 0 Å². The molecule has 1 fully saturated rings. The van der Waals surface area contributed by atoms with Crippen molar-refractivity contribution in [3.05, 3.63) is 29.8 Å². The molecule has 0 aromatic heterocycles. The standard InChI is InChI=1S/C8H9F2N.C5H8O3/c1-2-11-8-4-6(9)3-7(10)5-8;1-5(2)7-3-4(6)8-5/h3-5,11H,2H2,1H3;3H2,1-2H3. The SMILES string of the molecule is CC1(C)OCC(=O)O1.CCNc1cc(F)cc(F)c1. The summed E-state index contributed by atoms with van der Waals surface area (Å²) in [5.41, 5.74) is 0.477. The van der Waals surface area contributed by atoms with E-state index in [2.05, 4.69) is 10.1 Å². The number of cyclic esters (lactones) is 1. The molecule has 1 N–H and O–H groups in total. The zero-order valence-electron chi connectivity index (χ0n) is 11.1. The van der Waals surface area contributed by atoms with Crippen molar-refractivity contribution in [3.63, 3.8) is 0 Å². The molecule has 0 unspecified atom stereocenters. The normalized spacial score (nSPS) is 16.4. The van der Waals surface area contributed by atoms with Gasteiger partial charge in [-0.2, -0.15) is 0 Å². The van der Waals surface area contributed by atoms with Crippen LogP contribution in [0.2, 0.25) is 0 Å². The first-order valence-corrected chi connectivity index (χ1v) is 5.88. The molecule has 19 heavy (non-hydrogen) atoms. The Balaban J connectivity index is 0.000000200. The number of rotatable bonds is 2. The average molecular weight is 273 g/mol. The third-order valence-electron chi connectivity index (χ3n) is 2.14. The van der Waals surface area contributed by atoms with Crippen LogP contribution >= 0.6 is 0 Å². The second kappa shape index (κ2) is 6.47. The predicted octanol–water partition coefficient (Wildman–Crippen LogP) is 2.69. The fraction of sp³-hybridized carbons (Fsp3) is 0.462. The molecule has 4 nitrogen and oxygen atoms in total. The molecule has 1 aliphatic heterocycles. The van der Waals surface area contributed by atoms with Gasteiger partial charge >= 0.3 is 5.97 Å². The minimum atomic E-state index is -0.683. The van der Waals surface area contributed by atoms with Gasteiger partial charge in [0.25, 0.3) is 0 Å². The molecule has 1 aliphatic rings. The quantitative estimate of drug-likeness (QED) is 0.842. The van der Waals surface area contributed by atoms with Crippen molar-refractivity contribution < 1.29 is 23.0 Å². The van der Waals surface area contributed by atoms with Gasteiger partial charge in [0, 0.05) is 32.1 Å². The van der Waals surface area contributed by atoms with Gasteiger partial charge in [-0.25, -0.2) is 13.6 Å². The summed E-state index contributed by atoms with van der Waals surface area (Å²) in [5.74, 6) is -2.08. The van der Waals surface area contributed by atoms with Gasteiger partial charge in [-0.05, 0) is 19.1 Å². The minimum Gasteiger partial charge on any atom is -0.432 e. The van der Waals surface area contributed by atoms with Crippen LogP contribution in [0.1, 0.15) is 20.8 Å². The molecule has 0 aliphatic carbocycles. The van der Waals surface area contributed by atoms with E-state index in [1.807, 2.05) is 6.92 Å². The van der Waals surface area contributed by atoms with Crippen LogP contribution in [0.25, 0.3) is 0 Å². The summed E-state index contributed by atoms with van der Waals surface area (Å²) in [7, 11) is 0. The molecule has 6 heteroatoms. The Hall–Kier alpha value is -1.69. The monoisotopic (exact) mass is 273 g/mol. The Morgan fingerprint density at radius 3 is 2.16 bits per heavy atom. The van der Waals surface area contributed by atoms with Gasteiger partial charge in [0.05, 0.1) is 0 Å². The maximum atomic E-state index is 12.5. The number of hydrogen-bond acceptors (Lipinski definition) is 4. The highest BCUT2D eigenvalue weighted by Gasteiger charge is 2.31. The van der Waals surface area contributed by atoms with Crippen molar-refractivity contribution in [2.75, 3.05) is 18.5 Å². The Morgan fingerprint density at radius 1 is 1.26 bits per heavy atom. The molecule has 0 saturated carbocycles. The molecule has 0 bridgehead atoms. The van der Waals surface area contributed by atoms with Crippen molar-refractivity contribution in [2.45, 2.75) is 26.6 Å². The number of carbonyl (C=O) groups is 1. The van der Waals surface area contributed by atoms with Crippen molar-refractivity contribution in [1.82, 2.24) is 0 Å². The number of ether oxygens (including phenoxy) is 2. The van der Waals surface area contributed by atoms with Gasteiger partial charge in [0.15, 0.2) is 0 Å². The van der Waals surface area contributed by atoms with Crippen molar-refractivity contribution in [2.24, 2.45) is 0 Å². The van der Waals surface area contributed by atoms with Gasteiger partial charge < -0.3 is 14.8 Å². The number of hydrogen-bond donors (Lipinski definition) is 1. The Bertz CT molecular complexity index is 429. The number of carbonyl (C=O) groups excluding carboxylic acids is 1. The maximum absolute atomic E-state index is 12.5. The number of anilines is 1. The number of halogens is 2. The Labute approximate surface area is 110 Å². The smallest absolute Gasteiger partial charge is 0.334 e. The van der Waals surface area contributed by atoms with Crippen LogP contribution in [0.15, 0.2) is 18.2 Å². The molecule has 2 rings (SSSR count). The van der Waals surface area contributed by atoms with E-state index < -0.39 is 17.4 Å². The molecule has 0 spiro atoms. The number of esters is 1. The lowest BCUT2D eigenvalue weighted by atomic mass is 10.3. The first-order chi connectivity index (χ1) is 8.82. The van der Waals surface area contributed by atoms with Gasteiger partial charge in [-0.3, -0.25) is 0 Å². The first kappa shape index (κ1) is 15.4. The van der Waals surface area contributed by atoms with Crippen molar-refractivity contribution >= 4 is 11.7 Å². The summed E-state index contributed by atoms with van der Waals surface area (Å²) < 4.78 is 34.5. The Kier molecular flexibility index (Phi) is 5.23.